The first-order valence-corrected chi connectivity index (χ1v) is 7.91. The average molecular weight is 338 g/mol. The Morgan fingerprint density at radius 1 is 0.920 bits per heavy atom. The van der Waals surface area contributed by atoms with Gasteiger partial charge in [-0.3, -0.25) is 9.59 Å². The Morgan fingerprint density at radius 3 is 2.08 bits per heavy atom. The minimum absolute atomic E-state index is 0.126. The number of benzene rings is 2. The first-order valence-electron chi connectivity index (χ1n) is 7.91. The van der Waals surface area contributed by atoms with Crippen LogP contribution in [0, 0.1) is 0 Å². The highest BCUT2D eigenvalue weighted by Gasteiger charge is 2.21. The third-order valence-electron chi connectivity index (χ3n) is 3.92. The quantitative estimate of drug-likeness (QED) is 0.798. The molecule has 0 saturated carbocycles. The van der Waals surface area contributed by atoms with Crippen molar-refractivity contribution in [3.8, 4) is 0 Å². The zero-order valence-corrected chi connectivity index (χ0v) is 13.5. The van der Waals surface area contributed by atoms with E-state index in [1.54, 1.807) is 41.3 Å². The van der Waals surface area contributed by atoms with Gasteiger partial charge in [0.25, 0.3) is 5.91 Å². The first-order chi connectivity index (χ1) is 12.0. The first kappa shape index (κ1) is 16.5. The molecule has 25 heavy (non-hydrogen) atoms. The van der Waals surface area contributed by atoms with E-state index in [9.17, 15) is 14.4 Å². The Kier molecular flexibility index (Phi) is 4.65. The van der Waals surface area contributed by atoms with Gasteiger partial charge in [0.15, 0.2) is 0 Å². The average Bonchev–Trinajstić information content (AvgIpc) is 3.02. The molecule has 0 spiro atoms. The van der Waals surface area contributed by atoms with E-state index in [-0.39, 0.29) is 11.8 Å². The second kappa shape index (κ2) is 7.04. The minimum Gasteiger partial charge on any atom is -0.351 e. The van der Waals surface area contributed by atoms with Gasteiger partial charge in [-0.2, -0.15) is 0 Å². The van der Waals surface area contributed by atoms with Gasteiger partial charge >= 0.3 is 6.03 Å². The summed E-state index contributed by atoms with van der Waals surface area (Å²) in [5.74, 6) is -0.142. The van der Waals surface area contributed by atoms with Gasteiger partial charge in [-0.1, -0.05) is 0 Å². The summed E-state index contributed by atoms with van der Waals surface area (Å²) in [6, 6.07) is 12.9. The van der Waals surface area contributed by atoms with Crippen molar-refractivity contribution in [3.63, 3.8) is 0 Å². The number of nitrogens with one attached hydrogen (secondary N) is 2. The Balaban J connectivity index is 1.64. The van der Waals surface area contributed by atoms with Crippen molar-refractivity contribution in [1.29, 1.82) is 0 Å². The van der Waals surface area contributed by atoms with Crippen LogP contribution in [0.3, 0.4) is 0 Å². The second-order valence-electron chi connectivity index (χ2n) is 5.72. The normalized spacial score (nSPS) is 13.6. The van der Waals surface area contributed by atoms with Gasteiger partial charge in [0.05, 0.1) is 0 Å². The lowest BCUT2D eigenvalue weighted by Crippen LogP contribution is -2.23. The van der Waals surface area contributed by atoms with E-state index in [0.717, 1.165) is 18.7 Å². The Bertz CT molecular complexity index is 800. The van der Waals surface area contributed by atoms with Crippen molar-refractivity contribution < 1.29 is 14.4 Å². The van der Waals surface area contributed by atoms with Crippen molar-refractivity contribution in [2.45, 2.75) is 12.8 Å². The van der Waals surface area contributed by atoms with Crippen molar-refractivity contribution in [2.75, 3.05) is 22.1 Å². The van der Waals surface area contributed by atoms with E-state index < -0.39 is 6.03 Å². The van der Waals surface area contributed by atoms with Crippen LogP contribution in [0.15, 0.2) is 48.5 Å². The monoisotopic (exact) mass is 338 g/mol. The fraction of sp³-hybridized carbons (Fsp3) is 0.167. The summed E-state index contributed by atoms with van der Waals surface area (Å²) in [7, 11) is 0. The summed E-state index contributed by atoms with van der Waals surface area (Å²) in [6.07, 6.45) is 1.46. The molecule has 0 unspecified atom stereocenters. The molecule has 128 valence electrons. The van der Waals surface area contributed by atoms with E-state index in [0.29, 0.717) is 23.4 Å². The van der Waals surface area contributed by atoms with Gasteiger partial charge in [-0.25, -0.2) is 4.79 Å². The van der Waals surface area contributed by atoms with Crippen molar-refractivity contribution >= 4 is 34.9 Å². The van der Waals surface area contributed by atoms with Gasteiger partial charge in [-0.05, 0) is 55.0 Å². The Morgan fingerprint density at radius 2 is 1.52 bits per heavy atom. The maximum absolute atomic E-state index is 12.3. The Hall–Kier alpha value is -3.35. The summed E-state index contributed by atoms with van der Waals surface area (Å²) in [5, 5.41) is 5.23. The lowest BCUT2D eigenvalue weighted by Gasteiger charge is -2.16. The van der Waals surface area contributed by atoms with E-state index in [2.05, 4.69) is 10.6 Å². The van der Waals surface area contributed by atoms with Crippen LogP contribution in [0.2, 0.25) is 0 Å². The molecule has 2 aromatic rings. The van der Waals surface area contributed by atoms with Crippen LogP contribution < -0.4 is 21.3 Å². The lowest BCUT2D eigenvalue weighted by atomic mass is 10.2. The number of anilines is 3. The summed E-state index contributed by atoms with van der Waals surface area (Å²) >= 11 is 0. The molecule has 2 aromatic carbocycles. The highest BCUT2D eigenvalue weighted by Crippen LogP contribution is 2.23. The fourth-order valence-corrected chi connectivity index (χ4v) is 2.70. The van der Waals surface area contributed by atoms with Gasteiger partial charge in [0, 0.05) is 35.6 Å². The molecule has 1 aliphatic rings. The van der Waals surface area contributed by atoms with Crippen LogP contribution in [-0.2, 0) is 4.79 Å². The Labute approximate surface area is 144 Å². The predicted octanol–water partition coefficient (Wildman–Crippen LogP) is 2.56. The molecule has 1 heterocycles. The highest BCUT2D eigenvalue weighted by atomic mass is 16.2. The van der Waals surface area contributed by atoms with Crippen LogP contribution in [0.5, 0.6) is 0 Å². The second-order valence-corrected chi connectivity index (χ2v) is 5.72. The molecular weight excluding hydrogens is 320 g/mol. The summed E-state index contributed by atoms with van der Waals surface area (Å²) in [5.41, 5.74) is 7.48. The number of carbonyl (C=O) groups excluding carboxylic acids is 3. The van der Waals surface area contributed by atoms with Crippen molar-refractivity contribution in [2.24, 2.45) is 5.73 Å². The molecule has 0 atom stereocenters. The lowest BCUT2D eigenvalue weighted by molar-refractivity contribution is -0.117. The van der Waals surface area contributed by atoms with E-state index in [4.69, 9.17) is 5.73 Å². The molecule has 0 bridgehead atoms. The highest BCUT2D eigenvalue weighted by molar-refractivity contribution is 6.05. The van der Waals surface area contributed by atoms with E-state index >= 15 is 0 Å². The summed E-state index contributed by atoms with van der Waals surface area (Å²) < 4.78 is 0. The maximum atomic E-state index is 12.3. The van der Waals surface area contributed by atoms with Gasteiger partial charge < -0.3 is 21.3 Å². The van der Waals surface area contributed by atoms with Crippen LogP contribution >= 0.6 is 0 Å². The largest absolute Gasteiger partial charge is 0.351 e. The number of rotatable bonds is 4. The molecule has 7 heteroatoms. The molecule has 1 saturated heterocycles. The molecule has 4 amide bonds. The number of carbonyl (C=O) groups is 3. The van der Waals surface area contributed by atoms with Gasteiger partial charge in [0.2, 0.25) is 5.91 Å². The number of hydrogen-bond acceptors (Lipinski definition) is 3. The van der Waals surface area contributed by atoms with Crippen LogP contribution in [0.25, 0.3) is 0 Å². The third kappa shape index (κ3) is 3.95. The number of nitrogens with zero attached hydrogens (tertiary/aromatic N) is 1. The molecular formula is C18H18N4O3. The number of primary amides is 1. The SMILES string of the molecule is NC(=O)Nc1ccc(C(=O)Nc2ccc(N3CCCC3=O)cc2)cc1. The molecule has 0 aliphatic carbocycles. The topological polar surface area (TPSA) is 105 Å². The summed E-state index contributed by atoms with van der Waals surface area (Å²) in [6.45, 7) is 0.732. The smallest absolute Gasteiger partial charge is 0.316 e. The molecule has 1 fully saturated rings. The van der Waals surface area contributed by atoms with Crippen LogP contribution in [-0.4, -0.2) is 24.4 Å². The number of nitrogens with two attached hydrogens (primary N) is 1. The van der Waals surface area contributed by atoms with Crippen molar-refractivity contribution in [1.82, 2.24) is 0 Å². The molecule has 3 rings (SSSR count). The molecule has 0 aromatic heterocycles. The van der Waals surface area contributed by atoms with Gasteiger partial charge in [0.1, 0.15) is 0 Å². The maximum Gasteiger partial charge on any atom is 0.316 e. The van der Waals surface area contributed by atoms with E-state index in [1.807, 2.05) is 12.1 Å². The fourth-order valence-electron chi connectivity index (χ4n) is 2.70. The van der Waals surface area contributed by atoms with E-state index in [1.165, 1.54) is 0 Å². The zero-order valence-electron chi connectivity index (χ0n) is 13.5. The molecule has 4 N–H and O–H groups in total. The number of hydrogen-bond donors (Lipinski definition) is 3. The van der Waals surface area contributed by atoms with Gasteiger partial charge in [-0.15, -0.1) is 0 Å². The van der Waals surface area contributed by atoms with Crippen LogP contribution in [0.1, 0.15) is 23.2 Å². The molecule has 1 aliphatic heterocycles. The minimum atomic E-state index is -0.659. The van der Waals surface area contributed by atoms with Crippen LogP contribution in [0.4, 0.5) is 21.9 Å². The third-order valence-corrected chi connectivity index (χ3v) is 3.92. The molecule has 7 nitrogen and oxygen atoms in total. The van der Waals surface area contributed by atoms with Crippen molar-refractivity contribution in [3.05, 3.63) is 54.1 Å². The summed E-state index contributed by atoms with van der Waals surface area (Å²) in [4.78, 5) is 36.5. The molecule has 0 radical (unpaired) electrons. The zero-order chi connectivity index (χ0) is 17.8. The number of urea groups is 1. The predicted molar refractivity (Wildman–Crippen MR) is 95.6 cm³/mol. The number of amides is 4. The standard InChI is InChI=1S/C18H18N4O3/c19-18(25)21-14-5-3-12(4-6-14)17(24)20-13-7-9-15(10-8-13)22-11-1-2-16(22)23/h3-10H,1-2,11H2,(H,20,24)(H3,19,21,25).